The monoisotopic (exact) mass is 500 g/mol. The predicted molar refractivity (Wildman–Crippen MR) is 120 cm³/mol. The summed E-state index contributed by atoms with van der Waals surface area (Å²) in [5, 5.41) is 2.82. The van der Waals surface area contributed by atoms with Crippen LogP contribution in [0.2, 0.25) is 0 Å². The zero-order valence-electron chi connectivity index (χ0n) is 19.1. The second kappa shape index (κ2) is 11.0. The molecule has 0 bridgehead atoms. The number of sulfonamides is 1. The van der Waals surface area contributed by atoms with Gasteiger partial charge in [-0.3, -0.25) is 9.59 Å². The lowest BCUT2D eigenvalue weighted by molar-refractivity contribution is -0.137. The number of halogens is 3. The molecular weight excluding hydrogens is 473 g/mol. The van der Waals surface area contributed by atoms with Crippen LogP contribution in [0.15, 0.2) is 48.5 Å². The molecule has 0 aromatic heterocycles. The highest BCUT2D eigenvalue weighted by molar-refractivity contribution is 7.89. The lowest BCUT2D eigenvalue weighted by Crippen LogP contribution is -2.40. The molecule has 186 valence electrons. The van der Waals surface area contributed by atoms with E-state index in [2.05, 4.69) is 5.32 Å². The molecule has 0 spiro atoms. The molecule has 0 radical (unpaired) electrons. The largest absolute Gasteiger partial charge is 0.416 e. The van der Waals surface area contributed by atoms with Gasteiger partial charge >= 0.3 is 6.18 Å². The number of hydrogen-bond donors (Lipinski definition) is 2. The van der Waals surface area contributed by atoms with E-state index < -0.39 is 45.7 Å². The van der Waals surface area contributed by atoms with Crippen molar-refractivity contribution in [2.24, 2.45) is 5.92 Å². The van der Waals surface area contributed by atoms with Crippen molar-refractivity contribution >= 4 is 21.8 Å². The Kier molecular flexibility index (Phi) is 8.84. The van der Waals surface area contributed by atoms with Crippen molar-refractivity contribution in [3.8, 4) is 0 Å². The summed E-state index contributed by atoms with van der Waals surface area (Å²) in [7, 11) is -3.69. The third-order valence-corrected chi connectivity index (χ3v) is 5.44. The van der Waals surface area contributed by atoms with Crippen molar-refractivity contribution in [1.82, 2.24) is 10.0 Å². The van der Waals surface area contributed by atoms with Gasteiger partial charge in [0.15, 0.2) is 0 Å². The number of hydrogen-bond acceptors (Lipinski definition) is 5. The molecule has 0 heterocycles. The molecule has 2 N–H and O–H groups in total. The van der Waals surface area contributed by atoms with Gasteiger partial charge in [0, 0.05) is 5.56 Å². The van der Waals surface area contributed by atoms with E-state index in [1.54, 1.807) is 32.9 Å². The highest BCUT2D eigenvalue weighted by atomic mass is 32.2. The maximum atomic E-state index is 12.8. The van der Waals surface area contributed by atoms with Crippen molar-refractivity contribution in [3.05, 3.63) is 70.8 Å². The Bertz CT molecular complexity index is 1100. The molecule has 0 unspecified atom stereocenters. The van der Waals surface area contributed by atoms with Crippen LogP contribution in [0.1, 0.15) is 53.9 Å². The number of nitrogens with one attached hydrogen (secondary N) is 2. The fourth-order valence-corrected chi connectivity index (χ4v) is 3.53. The second-order valence-corrected chi connectivity index (χ2v) is 9.97. The Hall–Kier alpha value is -2.92. The topological polar surface area (TPSA) is 102 Å². The van der Waals surface area contributed by atoms with Crippen LogP contribution in [-0.4, -0.2) is 32.6 Å². The van der Waals surface area contributed by atoms with Crippen molar-refractivity contribution in [2.45, 2.75) is 45.7 Å². The summed E-state index contributed by atoms with van der Waals surface area (Å²) in [4.78, 5) is 24.7. The third kappa shape index (κ3) is 8.14. The molecule has 7 nitrogen and oxygen atoms in total. The average molecular weight is 501 g/mol. The highest BCUT2D eigenvalue weighted by Crippen LogP contribution is 2.29. The van der Waals surface area contributed by atoms with Gasteiger partial charge in [-0.1, -0.05) is 38.1 Å². The van der Waals surface area contributed by atoms with E-state index in [9.17, 15) is 31.2 Å². The van der Waals surface area contributed by atoms with Gasteiger partial charge < -0.3 is 10.1 Å². The molecule has 0 fully saturated rings. The molecule has 0 saturated carbocycles. The van der Waals surface area contributed by atoms with Gasteiger partial charge in [-0.25, -0.2) is 13.1 Å². The number of alkyl halides is 3. The van der Waals surface area contributed by atoms with E-state index in [1.165, 1.54) is 24.3 Å². The van der Waals surface area contributed by atoms with Crippen LogP contribution < -0.4 is 10.0 Å². The van der Waals surface area contributed by atoms with Crippen molar-refractivity contribution in [1.29, 1.82) is 0 Å². The minimum atomic E-state index is -4.43. The molecule has 2 aromatic carbocycles. The van der Waals surface area contributed by atoms with Crippen LogP contribution in [0.3, 0.4) is 0 Å². The fourth-order valence-electron chi connectivity index (χ4n) is 3.08. The van der Waals surface area contributed by atoms with E-state index in [-0.39, 0.29) is 18.1 Å². The Morgan fingerprint density at radius 2 is 1.53 bits per heavy atom. The number of rotatable bonds is 9. The van der Waals surface area contributed by atoms with Gasteiger partial charge in [-0.15, -0.1) is 0 Å². The average Bonchev–Trinajstić information content (AvgIpc) is 2.72. The van der Waals surface area contributed by atoms with Gasteiger partial charge in [0.25, 0.3) is 5.91 Å². The first kappa shape index (κ1) is 27.3. The first-order valence-electron chi connectivity index (χ1n) is 10.4. The molecule has 0 aliphatic heterocycles. The molecule has 2 atom stereocenters. The molecule has 0 saturated heterocycles. The van der Waals surface area contributed by atoms with E-state index >= 15 is 0 Å². The van der Waals surface area contributed by atoms with Gasteiger partial charge in [0.2, 0.25) is 15.9 Å². The van der Waals surface area contributed by atoms with E-state index in [0.717, 1.165) is 18.4 Å². The second-order valence-electron chi connectivity index (χ2n) is 8.23. The van der Waals surface area contributed by atoms with Gasteiger partial charge in [-0.05, 0) is 48.2 Å². The van der Waals surface area contributed by atoms with Crippen molar-refractivity contribution in [3.63, 3.8) is 0 Å². The first-order chi connectivity index (χ1) is 15.7. The number of amides is 2. The Morgan fingerprint density at radius 3 is 2.00 bits per heavy atom. The van der Waals surface area contributed by atoms with E-state index in [1.807, 2.05) is 4.72 Å². The Labute approximate surface area is 196 Å². The minimum absolute atomic E-state index is 0.0348. The zero-order chi connectivity index (χ0) is 25.7. The highest BCUT2D eigenvalue weighted by Gasteiger charge is 2.30. The summed E-state index contributed by atoms with van der Waals surface area (Å²) in [5.74, 6) is -1.36. The van der Waals surface area contributed by atoms with Crippen molar-refractivity contribution < 1.29 is 35.9 Å². The molecule has 2 rings (SSSR count). The minimum Gasteiger partial charge on any atom is -0.363 e. The summed E-state index contributed by atoms with van der Waals surface area (Å²) in [6.45, 7) is 5.28. The standard InChI is InChI=1S/C23H27F3N2O5S/c1-14(2)20(33-13-16-5-11-19(12-6-16)23(24,25)26)22(30)27-15(3)17-7-9-18(10-8-17)21(29)28-34(4,31)32/h5-12,14-15,20H,13H2,1-4H3,(H,27,30)(H,28,29)/t15-,20+/m0/s1. The molecule has 2 amide bonds. The van der Waals surface area contributed by atoms with Crippen molar-refractivity contribution in [2.75, 3.05) is 6.26 Å². The molecule has 11 heteroatoms. The summed E-state index contributed by atoms with van der Waals surface area (Å²) >= 11 is 0. The SMILES string of the molecule is CC(C)[C@@H](OCc1ccc(C(F)(F)F)cc1)C(=O)N[C@@H](C)c1ccc(C(=O)NS(C)(=O)=O)cc1. The van der Waals surface area contributed by atoms with Crippen LogP contribution in [0, 0.1) is 5.92 Å². The molecule has 0 aliphatic rings. The summed E-state index contributed by atoms with van der Waals surface area (Å²) < 4.78 is 68.1. The fraction of sp³-hybridized carbons (Fsp3) is 0.391. The van der Waals surface area contributed by atoms with E-state index in [4.69, 9.17) is 4.74 Å². The molecule has 0 aliphatic carbocycles. The first-order valence-corrected chi connectivity index (χ1v) is 12.3. The third-order valence-electron chi connectivity index (χ3n) is 4.88. The zero-order valence-corrected chi connectivity index (χ0v) is 20.0. The Morgan fingerprint density at radius 1 is 0.971 bits per heavy atom. The maximum absolute atomic E-state index is 12.8. The molecule has 2 aromatic rings. The normalized spacial score (nSPS) is 13.9. The van der Waals surface area contributed by atoms with E-state index in [0.29, 0.717) is 11.1 Å². The number of carbonyl (C=O) groups excluding carboxylic acids is 2. The lowest BCUT2D eigenvalue weighted by atomic mass is 10.0. The van der Waals surface area contributed by atoms with Crippen LogP contribution in [0.5, 0.6) is 0 Å². The molecular formula is C23H27F3N2O5S. The van der Waals surface area contributed by atoms with Crippen LogP contribution in [0.4, 0.5) is 13.2 Å². The lowest BCUT2D eigenvalue weighted by Gasteiger charge is -2.24. The van der Waals surface area contributed by atoms with Gasteiger partial charge in [0.1, 0.15) is 6.10 Å². The predicted octanol–water partition coefficient (Wildman–Crippen LogP) is 3.81. The summed E-state index contributed by atoms with van der Waals surface area (Å²) in [5.41, 5.74) is 0.563. The van der Waals surface area contributed by atoms with Gasteiger partial charge in [0.05, 0.1) is 24.5 Å². The van der Waals surface area contributed by atoms with Gasteiger partial charge in [-0.2, -0.15) is 13.2 Å². The Balaban J connectivity index is 2.00. The van der Waals surface area contributed by atoms with Crippen LogP contribution >= 0.6 is 0 Å². The smallest absolute Gasteiger partial charge is 0.363 e. The number of ether oxygens (including phenoxy) is 1. The quantitative estimate of drug-likeness (QED) is 0.545. The number of benzene rings is 2. The van der Waals surface area contributed by atoms with Crippen LogP contribution in [-0.2, 0) is 32.3 Å². The summed E-state index contributed by atoms with van der Waals surface area (Å²) in [6, 6.07) is 10.2. The summed E-state index contributed by atoms with van der Waals surface area (Å²) in [6.07, 6.45) is -4.39. The van der Waals surface area contributed by atoms with Crippen LogP contribution in [0.25, 0.3) is 0 Å². The number of carbonyl (C=O) groups is 2. The molecule has 34 heavy (non-hydrogen) atoms. The maximum Gasteiger partial charge on any atom is 0.416 e.